The molecule has 0 aliphatic rings. The monoisotopic (exact) mass is 408 g/mol. The lowest BCUT2D eigenvalue weighted by Crippen LogP contribution is -1.91. The number of nitrogens with zero attached hydrogens (tertiary/aromatic N) is 4. The van der Waals surface area contributed by atoms with Crippen molar-refractivity contribution in [1.29, 1.82) is 0 Å². The van der Waals surface area contributed by atoms with Gasteiger partial charge in [0.1, 0.15) is 4.60 Å². The van der Waals surface area contributed by atoms with Gasteiger partial charge >= 0.3 is 5.69 Å². The van der Waals surface area contributed by atoms with Crippen molar-refractivity contribution in [2.45, 2.75) is 0 Å². The molecule has 0 saturated heterocycles. The molecule has 0 saturated carbocycles. The number of hydrogen-bond donors (Lipinski definition) is 2. The molecule has 128 valence electrons. The molecule has 2 N–H and O–H groups in total. The van der Waals surface area contributed by atoms with E-state index in [1.807, 2.05) is 0 Å². The number of pyridine rings is 1. The number of benzene rings is 1. The van der Waals surface area contributed by atoms with Crippen molar-refractivity contribution in [3.8, 4) is 40.2 Å². The minimum Gasteiger partial charge on any atom is -0.504 e. The van der Waals surface area contributed by atoms with Crippen LogP contribution >= 0.6 is 15.9 Å². The first-order chi connectivity index (χ1) is 11.9. The van der Waals surface area contributed by atoms with E-state index in [-0.39, 0.29) is 17.3 Å². The topological polar surface area (TPSA) is 145 Å². The van der Waals surface area contributed by atoms with Crippen LogP contribution < -0.4 is 4.74 Å². The molecule has 0 unspecified atom stereocenters. The highest BCUT2D eigenvalue weighted by molar-refractivity contribution is 9.10. The Kier molecular flexibility index (Phi) is 4.23. The predicted octanol–water partition coefficient (Wildman–Crippen LogP) is 2.89. The lowest BCUT2D eigenvalue weighted by atomic mass is 10.1. The summed E-state index contributed by atoms with van der Waals surface area (Å²) in [6.07, 6.45) is 0. The van der Waals surface area contributed by atoms with E-state index in [2.05, 4.69) is 31.1 Å². The Hall–Kier alpha value is -3.21. The van der Waals surface area contributed by atoms with Gasteiger partial charge in [-0.15, -0.1) is 0 Å². The van der Waals surface area contributed by atoms with Gasteiger partial charge in [-0.05, 0) is 28.1 Å². The zero-order valence-corrected chi connectivity index (χ0v) is 14.1. The number of rotatable bonds is 4. The summed E-state index contributed by atoms with van der Waals surface area (Å²) in [6.45, 7) is 0. The molecule has 0 aliphatic carbocycles. The summed E-state index contributed by atoms with van der Waals surface area (Å²) >= 11 is 3.27. The second-order valence-corrected chi connectivity index (χ2v) is 5.49. The Balaban J connectivity index is 2.04. The number of halogens is 1. The van der Waals surface area contributed by atoms with Crippen molar-refractivity contribution in [3.63, 3.8) is 0 Å². The smallest absolute Gasteiger partial charge is 0.315 e. The number of nitro benzene ring substituents is 1. The third kappa shape index (κ3) is 3.08. The van der Waals surface area contributed by atoms with Gasteiger partial charge in [0, 0.05) is 12.1 Å². The van der Waals surface area contributed by atoms with E-state index in [0.717, 1.165) is 12.1 Å². The normalized spacial score (nSPS) is 10.6. The maximum Gasteiger partial charge on any atom is 0.315 e. The Morgan fingerprint density at radius 3 is 2.68 bits per heavy atom. The zero-order chi connectivity index (χ0) is 18.1. The molecule has 0 radical (unpaired) electrons. The van der Waals surface area contributed by atoms with Crippen LogP contribution in [0.25, 0.3) is 22.8 Å². The van der Waals surface area contributed by atoms with Crippen LogP contribution in [-0.2, 0) is 0 Å². The van der Waals surface area contributed by atoms with Gasteiger partial charge in [-0.1, -0.05) is 5.16 Å². The molecular weight excluding hydrogens is 400 g/mol. The summed E-state index contributed by atoms with van der Waals surface area (Å²) in [5.74, 6) is -1.02. The van der Waals surface area contributed by atoms with E-state index < -0.39 is 22.1 Å². The molecule has 11 heteroatoms. The minimum atomic E-state index is -0.837. The third-order valence-corrected chi connectivity index (χ3v) is 3.82. The summed E-state index contributed by atoms with van der Waals surface area (Å²) in [5, 5.41) is 33.9. The predicted molar refractivity (Wildman–Crippen MR) is 87.2 cm³/mol. The second-order valence-electron chi connectivity index (χ2n) is 4.74. The van der Waals surface area contributed by atoms with Gasteiger partial charge < -0.3 is 19.5 Å². The number of aromatic nitrogens is 3. The van der Waals surface area contributed by atoms with Crippen LogP contribution in [0.3, 0.4) is 0 Å². The fourth-order valence-corrected chi connectivity index (χ4v) is 2.50. The van der Waals surface area contributed by atoms with Crippen LogP contribution in [0.15, 0.2) is 33.4 Å². The minimum absolute atomic E-state index is 0.0730. The molecule has 0 amide bonds. The lowest BCUT2D eigenvalue weighted by molar-refractivity contribution is -0.385. The zero-order valence-electron chi connectivity index (χ0n) is 12.5. The van der Waals surface area contributed by atoms with Crippen molar-refractivity contribution >= 4 is 21.6 Å². The standard InChI is InChI=1S/C14H9BrN4O6/c1-24-10-3-2-7(12(15)16-10)13-17-14(25-18-13)6-4-8(19(22)23)11(21)9(20)5-6/h2-5,20-21H,1H3. The molecule has 0 bridgehead atoms. The summed E-state index contributed by atoms with van der Waals surface area (Å²) in [4.78, 5) is 18.4. The van der Waals surface area contributed by atoms with Crippen LogP contribution in [0.4, 0.5) is 5.69 Å². The van der Waals surface area contributed by atoms with Crippen LogP contribution in [0, 0.1) is 10.1 Å². The number of phenolic OH excluding ortho intramolecular Hbond substituents is 2. The number of hydrogen-bond acceptors (Lipinski definition) is 9. The van der Waals surface area contributed by atoms with Gasteiger partial charge in [0.25, 0.3) is 5.89 Å². The quantitative estimate of drug-likeness (QED) is 0.288. The number of ether oxygens (including phenoxy) is 1. The molecule has 3 rings (SSSR count). The lowest BCUT2D eigenvalue weighted by Gasteiger charge is -2.02. The molecule has 0 atom stereocenters. The van der Waals surface area contributed by atoms with Crippen molar-refractivity contribution in [2.75, 3.05) is 7.11 Å². The highest BCUT2D eigenvalue weighted by Crippen LogP contribution is 2.39. The maximum absolute atomic E-state index is 10.9. The molecule has 25 heavy (non-hydrogen) atoms. The van der Waals surface area contributed by atoms with E-state index in [1.54, 1.807) is 12.1 Å². The maximum atomic E-state index is 10.9. The fourth-order valence-electron chi connectivity index (χ4n) is 2.02. The van der Waals surface area contributed by atoms with Gasteiger partial charge in [0.2, 0.25) is 17.5 Å². The summed E-state index contributed by atoms with van der Waals surface area (Å²) in [6, 6.07) is 5.36. The second kappa shape index (κ2) is 6.36. The Morgan fingerprint density at radius 2 is 2.04 bits per heavy atom. The number of methoxy groups -OCH3 is 1. The van der Waals surface area contributed by atoms with E-state index in [9.17, 15) is 20.3 Å². The van der Waals surface area contributed by atoms with Crippen LogP contribution in [0.5, 0.6) is 17.4 Å². The fraction of sp³-hybridized carbons (Fsp3) is 0.0714. The summed E-state index contributed by atoms with van der Waals surface area (Å²) in [7, 11) is 1.48. The highest BCUT2D eigenvalue weighted by atomic mass is 79.9. The molecule has 0 aliphatic heterocycles. The third-order valence-electron chi connectivity index (χ3n) is 3.21. The van der Waals surface area contributed by atoms with Crippen molar-refractivity contribution < 1.29 is 24.4 Å². The van der Waals surface area contributed by atoms with Gasteiger partial charge in [-0.25, -0.2) is 4.98 Å². The number of phenols is 2. The van der Waals surface area contributed by atoms with Crippen LogP contribution in [0.1, 0.15) is 0 Å². The first-order valence-corrected chi connectivity index (χ1v) is 7.45. The van der Waals surface area contributed by atoms with E-state index >= 15 is 0 Å². The first kappa shape index (κ1) is 16.6. The van der Waals surface area contributed by atoms with Crippen LogP contribution in [-0.4, -0.2) is 37.4 Å². The Labute approximate surface area is 148 Å². The van der Waals surface area contributed by atoms with Gasteiger partial charge in [0.05, 0.1) is 23.2 Å². The highest BCUT2D eigenvalue weighted by Gasteiger charge is 2.22. The molecule has 0 fully saturated rings. The number of nitro groups is 1. The molecule has 3 aromatic rings. The number of aromatic hydroxyl groups is 2. The molecule has 1 aromatic carbocycles. The summed E-state index contributed by atoms with van der Waals surface area (Å²) in [5.41, 5.74) is -0.0892. The first-order valence-electron chi connectivity index (χ1n) is 6.66. The Bertz CT molecular complexity index is 974. The van der Waals surface area contributed by atoms with Crippen molar-refractivity contribution in [1.82, 2.24) is 15.1 Å². The van der Waals surface area contributed by atoms with Crippen molar-refractivity contribution in [3.05, 3.63) is 39.0 Å². The summed E-state index contributed by atoms with van der Waals surface area (Å²) < 4.78 is 10.5. The molecule has 2 aromatic heterocycles. The average molecular weight is 409 g/mol. The molecule has 0 spiro atoms. The van der Waals surface area contributed by atoms with Gasteiger partial charge in [0.15, 0.2) is 5.75 Å². The van der Waals surface area contributed by atoms with Crippen LogP contribution in [0.2, 0.25) is 0 Å². The van der Waals surface area contributed by atoms with Crippen molar-refractivity contribution in [2.24, 2.45) is 0 Å². The Morgan fingerprint density at radius 1 is 1.28 bits per heavy atom. The van der Waals surface area contributed by atoms with E-state index in [4.69, 9.17) is 9.26 Å². The largest absolute Gasteiger partial charge is 0.504 e. The van der Waals surface area contributed by atoms with Gasteiger partial charge in [-0.2, -0.15) is 4.98 Å². The SMILES string of the molecule is COc1ccc(-c2noc(-c3cc(O)c(O)c([N+](=O)[O-])c3)n2)c(Br)n1. The molecule has 2 heterocycles. The molecule has 10 nitrogen and oxygen atoms in total. The average Bonchev–Trinajstić information content (AvgIpc) is 3.06. The van der Waals surface area contributed by atoms with E-state index in [1.165, 1.54) is 7.11 Å². The van der Waals surface area contributed by atoms with E-state index in [0.29, 0.717) is 16.0 Å². The molecular formula is C14H9BrN4O6. The van der Waals surface area contributed by atoms with Gasteiger partial charge in [-0.3, -0.25) is 10.1 Å².